The Morgan fingerprint density at radius 2 is 1.74 bits per heavy atom. The minimum Gasteiger partial charge on any atom is -0.463 e. The fourth-order valence-electron chi connectivity index (χ4n) is 4.99. The van der Waals surface area contributed by atoms with Crippen molar-refractivity contribution < 1.29 is 19.2 Å². The molecule has 7 nitrogen and oxygen atoms in total. The number of likely N-dealkylation sites (tertiary alicyclic amines) is 1. The normalized spacial score (nSPS) is 18.5. The Balaban J connectivity index is 2.05. The number of esters is 1. The molecule has 2 aliphatic heterocycles. The molecule has 0 aliphatic carbocycles. The summed E-state index contributed by atoms with van der Waals surface area (Å²) in [6, 6.07) is 16.1. The van der Waals surface area contributed by atoms with Crippen molar-refractivity contribution in [1.29, 1.82) is 0 Å². The van der Waals surface area contributed by atoms with E-state index in [1.54, 1.807) is 25.1 Å². The van der Waals surface area contributed by atoms with Crippen LogP contribution in [0.2, 0.25) is 0 Å². The van der Waals surface area contributed by atoms with Crippen molar-refractivity contribution >= 4 is 17.4 Å². The second kappa shape index (κ2) is 10.8. The molecule has 2 heterocycles. The van der Waals surface area contributed by atoms with E-state index >= 15 is 0 Å². The first kappa shape index (κ1) is 24.5. The maximum atomic E-state index is 13.5. The van der Waals surface area contributed by atoms with Crippen LogP contribution in [0.4, 0.5) is 5.69 Å². The van der Waals surface area contributed by atoms with Crippen molar-refractivity contribution in [1.82, 2.24) is 4.90 Å². The molecule has 184 valence electrons. The predicted octanol–water partition coefficient (Wildman–Crippen LogP) is 6.04. The van der Waals surface area contributed by atoms with E-state index in [-0.39, 0.29) is 23.1 Å². The first-order chi connectivity index (χ1) is 16.9. The summed E-state index contributed by atoms with van der Waals surface area (Å²) in [7, 11) is 0. The summed E-state index contributed by atoms with van der Waals surface area (Å²) >= 11 is 0. The number of benzene rings is 2. The monoisotopic (exact) mass is 476 g/mol. The summed E-state index contributed by atoms with van der Waals surface area (Å²) in [5.41, 5.74) is 2.34. The largest absolute Gasteiger partial charge is 0.463 e. The van der Waals surface area contributed by atoms with Gasteiger partial charge in [-0.2, -0.15) is 0 Å². The number of allylic oxidation sites excluding steroid dienone is 1. The van der Waals surface area contributed by atoms with Gasteiger partial charge in [-0.25, -0.2) is 4.79 Å². The lowest BCUT2D eigenvalue weighted by Crippen LogP contribution is -2.36. The van der Waals surface area contributed by atoms with Crippen LogP contribution >= 0.6 is 0 Å². The van der Waals surface area contributed by atoms with Crippen LogP contribution in [0.1, 0.15) is 57.1 Å². The van der Waals surface area contributed by atoms with Gasteiger partial charge in [-0.15, -0.1) is 0 Å². The summed E-state index contributed by atoms with van der Waals surface area (Å²) in [6.45, 7) is 7.70. The Morgan fingerprint density at radius 3 is 2.37 bits per heavy atom. The maximum absolute atomic E-state index is 13.5. The van der Waals surface area contributed by atoms with Crippen LogP contribution in [0.3, 0.4) is 0 Å². The second-order valence-electron chi connectivity index (χ2n) is 9.14. The zero-order valence-electron chi connectivity index (χ0n) is 20.5. The smallest absolute Gasteiger partial charge is 0.338 e. The van der Waals surface area contributed by atoms with Gasteiger partial charge >= 0.3 is 5.97 Å². The lowest BCUT2D eigenvalue weighted by Gasteiger charge is -2.39. The highest BCUT2D eigenvalue weighted by Crippen LogP contribution is 2.49. The Labute approximate surface area is 206 Å². The molecule has 2 aromatic carbocycles. The summed E-state index contributed by atoms with van der Waals surface area (Å²) in [6.07, 6.45) is 3.25. The average Bonchev–Trinajstić information content (AvgIpc) is 2.88. The zero-order chi connectivity index (χ0) is 24.9. The molecular formula is C28H32N2O5. The molecule has 0 aromatic heterocycles. The SMILES string of the molecule is CCOC(=O)C1=C(c2ccccc2)OC(N2CCCCC2)=C(C(C)C)[C@@H]1c1ccccc1[N+](=O)[O-]. The van der Waals surface area contributed by atoms with Crippen molar-refractivity contribution in [2.24, 2.45) is 5.92 Å². The molecule has 0 unspecified atom stereocenters. The lowest BCUT2D eigenvalue weighted by molar-refractivity contribution is -0.385. The fraction of sp³-hybridized carbons (Fsp3) is 0.393. The Hall–Kier alpha value is -3.61. The van der Waals surface area contributed by atoms with Crippen LogP contribution in [0, 0.1) is 16.0 Å². The summed E-state index contributed by atoms with van der Waals surface area (Å²) in [5, 5.41) is 12.1. The molecular weight excluding hydrogens is 444 g/mol. The first-order valence-electron chi connectivity index (χ1n) is 12.3. The van der Waals surface area contributed by atoms with Crippen LogP contribution in [-0.2, 0) is 14.3 Å². The molecule has 0 spiro atoms. The number of ether oxygens (including phenoxy) is 2. The van der Waals surface area contributed by atoms with E-state index in [1.807, 2.05) is 44.2 Å². The number of rotatable bonds is 7. The molecule has 0 N–H and O–H groups in total. The van der Waals surface area contributed by atoms with Crippen LogP contribution in [-0.4, -0.2) is 35.5 Å². The van der Waals surface area contributed by atoms with Gasteiger partial charge in [0.25, 0.3) is 5.69 Å². The van der Waals surface area contributed by atoms with Crippen molar-refractivity contribution in [3.05, 3.63) is 92.9 Å². The molecule has 1 saturated heterocycles. The van der Waals surface area contributed by atoms with Gasteiger partial charge in [-0.3, -0.25) is 10.1 Å². The van der Waals surface area contributed by atoms with E-state index in [9.17, 15) is 14.9 Å². The van der Waals surface area contributed by atoms with Crippen LogP contribution < -0.4 is 0 Å². The molecule has 2 aromatic rings. The molecule has 0 radical (unpaired) electrons. The molecule has 0 bridgehead atoms. The fourth-order valence-corrected chi connectivity index (χ4v) is 4.99. The predicted molar refractivity (Wildman–Crippen MR) is 134 cm³/mol. The summed E-state index contributed by atoms with van der Waals surface area (Å²) < 4.78 is 12.1. The van der Waals surface area contributed by atoms with E-state index in [0.717, 1.165) is 43.5 Å². The number of hydrogen-bond acceptors (Lipinski definition) is 6. The molecule has 0 amide bonds. The Kier molecular flexibility index (Phi) is 7.54. The van der Waals surface area contributed by atoms with Gasteiger partial charge in [0.2, 0.25) is 0 Å². The molecule has 1 atom stereocenters. The average molecular weight is 477 g/mol. The maximum Gasteiger partial charge on any atom is 0.338 e. The number of nitro benzene ring substituents is 1. The van der Waals surface area contributed by atoms with Crippen molar-refractivity contribution in [3.8, 4) is 0 Å². The Morgan fingerprint density at radius 1 is 1.09 bits per heavy atom. The van der Waals surface area contributed by atoms with Gasteiger partial charge in [0.05, 0.1) is 23.0 Å². The van der Waals surface area contributed by atoms with Crippen molar-refractivity contribution in [3.63, 3.8) is 0 Å². The highest BCUT2D eigenvalue weighted by molar-refractivity contribution is 5.99. The van der Waals surface area contributed by atoms with Crippen LogP contribution in [0.5, 0.6) is 0 Å². The van der Waals surface area contributed by atoms with E-state index in [4.69, 9.17) is 9.47 Å². The van der Waals surface area contributed by atoms with Crippen LogP contribution in [0.25, 0.3) is 5.76 Å². The van der Waals surface area contributed by atoms with Crippen molar-refractivity contribution in [2.75, 3.05) is 19.7 Å². The number of para-hydroxylation sites is 1. The van der Waals surface area contributed by atoms with E-state index in [0.29, 0.717) is 22.8 Å². The van der Waals surface area contributed by atoms with Gasteiger partial charge < -0.3 is 14.4 Å². The van der Waals surface area contributed by atoms with E-state index in [2.05, 4.69) is 4.90 Å². The van der Waals surface area contributed by atoms with Gasteiger partial charge in [0.15, 0.2) is 5.88 Å². The van der Waals surface area contributed by atoms with Crippen molar-refractivity contribution in [2.45, 2.75) is 46.0 Å². The standard InChI is InChI=1S/C28H32N2O5/c1-4-34-28(31)25-24(21-15-9-10-16-22(21)30(32)33)23(19(2)3)27(29-17-11-6-12-18-29)35-26(25)20-13-7-5-8-14-20/h5,7-10,13-16,19,24H,4,6,11-12,17-18H2,1-3H3/t24-/m0/s1. The van der Waals surface area contributed by atoms with Gasteiger partial charge in [-0.05, 0) is 32.1 Å². The zero-order valence-corrected chi connectivity index (χ0v) is 20.5. The quantitative estimate of drug-likeness (QED) is 0.275. The molecule has 2 aliphatic rings. The molecule has 7 heteroatoms. The van der Waals surface area contributed by atoms with Gasteiger partial charge in [0, 0.05) is 35.9 Å². The minimum atomic E-state index is -0.670. The number of hydrogen-bond donors (Lipinski definition) is 0. The highest BCUT2D eigenvalue weighted by Gasteiger charge is 2.43. The third-order valence-corrected chi connectivity index (χ3v) is 6.53. The number of carbonyl (C=O) groups is 1. The second-order valence-corrected chi connectivity index (χ2v) is 9.14. The number of piperidine rings is 1. The third-order valence-electron chi connectivity index (χ3n) is 6.53. The summed E-state index contributed by atoms with van der Waals surface area (Å²) in [5.74, 6) is -0.118. The third kappa shape index (κ3) is 4.94. The number of nitrogens with zero attached hydrogens (tertiary/aromatic N) is 2. The van der Waals surface area contributed by atoms with Crippen LogP contribution in [0.15, 0.2) is 71.6 Å². The van der Waals surface area contributed by atoms with E-state index < -0.39 is 11.9 Å². The summed E-state index contributed by atoms with van der Waals surface area (Å²) in [4.78, 5) is 27.5. The molecule has 1 fully saturated rings. The number of carbonyl (C=O) groups excluding carboxylic acids is 1. The van der Waals surface area contributed by atoms with E-state index in [1.165, 1.54) is 6.07 Å². The van der Waals surface area contributed by atoms with Gasteiger partial charge in [-0.1, -0.05) is 62.4 Å². The van der Waals surface area contributed by atoms with Gasteiger partial charge in [0.1, 0.15) is 5.76 Å². The minimum absolute atomic E-state index is 0.0234. The topological polar surface area (TPSA) is 81.9 Å². The first-order valence-corrected chi connectivity index (χ1v) is 12.3. The molecule has 0 saturated carbocycles. The molecule has 35 heavy (non-hydrogen) atoms. The Bertz CT molecular complexity index is 1150. The highest BCUT2D eigenvalue weighted by atomic mass is 16.6. The number of nitro groups is 1. The molecule has 4 rings (SSSR count). The lowest BCUT2D eigenvalue weighted by atomic mass is 9.76.